The summed E-state index contributed by atoms with van der Waals surface area (Å²) in [7, 11) is 0. The third kappa shape index (κ3) is 3.47. The van der Waals surface area contributed by atoms with Crippen molar-refractivity contribution in [3.63, 3.8) is 0 Å². The van der Waals surface area contributed by atoms with Crippen LogP contribution in [-0.2, 0) is 11.0 Å². The number of hydrogen-bond donors (Lipinski definition) is 2. The van der Waals surface area contributed by atoms with Gasteiger partial charge in [-0.1, -0.05) is 0 Å². The molecule has 0 spiro atoms. The molecule has 0 bridgehead atoms. The van der Waals surface area contributed by atoms with Gasteiger partial charge in [0.2, 0.25) is 0 Å². The number of alkyl halides is 3. The highest BCUT2D eigenvalue weighted by molar-refractivity contribution is 6.01. The molecule has 1 aromatic carbocycles. The van der Waals surface area contributed by atoms with Gasteiger partial charge in [-0.25, -0.2) is 0 Å². The molecule has 3 N–H and O–H groups in total. The predicted molar refractivity (Wildman–Crippen MR) is 57.1 cm³/mol. The topological polar surface area (TPSA) is 80.4 Å². The first-order valence-electron chi connectivity index (χ1n) is 4.93. The maximum atomic E-state index is 12.3. The van der Waals surface area contributed by atoms with E-state index in [1.165, 1.54) is 0 Å². The van der Waals surface area contributed by atoms with E-state index >= 15 is 0 Å². The van der Waals surface area contributed by atoms with Crippen molar-refractivity contribution < 1.29 is 27.9 Å². The number of nitrogen functional groups attached to an aromatic ring is 1. The molecule has 0 radical (unpaired) electrons. The summed E-state index contributed by atoms with van der Waals surface area (Å²) in [6.07, 6.45) is -5.22. The SMILES string of the molecule is Nc1cc(C(F)(F)F)ccc1C(=O)CCC(=O)O. The van der Waals surface area contributed by atoms with Crippen molar-refractivity contribution >= 4 is 17.4 Å². The van der Waals surface area contributed by atoms with Crippen molar-refractivity contribution in [1.82, 2.24) is 0 Å². The first kappa shape index (κ1) is 14.0. The Morgan fingerprint density at radius 1 is 1.22 bits per heavy atom. The number of benzene rings is 1. The van der Waals surface area contributed by atoms with E-state index in [2.05, 4.69) is 0 Å². The van der Waals surface area contributed by atoms with E-state index in [0.717, 1.165) is 12.1 Å². The standard InChI is InChI=1S/C11H10F3NO3/c12-11(13,14)6-1-2-7(8(15)5-6)9(16)3-4-10(17)18/h1-2,5H,3-4,15H2,(H,17,18). The van der Waals surface area contributed by atoms with Gasteiger partial charge in [-0.3, -0.25) is 9.59 Å². The monoisotopic (exact) mass is 261 g/mol. The van der Waals surface area contributed by atoms with Gasteiger partial charge in [0.1, 0.15) is 0 Å². The van der Waals surface area contributed by atoms with E-state index in [-0.39, 0.29) is 24.1 Å². The van der Waals surface area contributed by atoms with Crippen molar-refractivity contribution in [2.75, 3.05) is 5.73 Å². The zero-order valence-electron chi connectivity index (χ0n) is 9.12. The second kappa shape index (κ2) is 5.07. The van der Waals surface area contributed by atoms with Crippen LogP contribution in [0.1, 0.15) is 28.8 Å². The summed E-state index contributed by atoms with van der Waals surface area (Å²) in [4.78, 5) is 21.8. The zero-order chi connectivity index (χ0) is 13.9. The Hall–Kier alpha value is -2.05. The highest BCUT2D eigenvalue weighted by Crippen LogP contribution is 2.31. The molecule has 0 saturated carbocycles. The summed E-state index contributed by atoms with van der Waals surface area (Å²) in [6, 6.07) is 2.36. The number of halogens is 3. The Bertz CT molecular complexity index is 483. The van der Waals surface area contributed by atoms with Crippen LogP contribution in [0.3, 0.4) is 0 Å². The minimum absolute atomic E-state index is 0.0933. The van der Waals surface area contributed by atoms with E-state index in [0.29, 0.717) is 6.07 Å². The minimum Gasteiger partial charge on any atom is -0.481 e. The number of aliphatic carboxylic acids is 1. The molecule has 1 aromatic rings. The lowest BCUT2D eigenvalue weighted by atomic mass is 10.0. The quantitative estimate of drug-likeness (QED) is 0.644. The van der Waals surface area contributed by atoms with Crippen LogP contribution in [-0.4, -0.2) is 16.9 Å². The van der Waals surface area contributed by atoms with Crippen LogP contribution in [0.2, 0.25) is 0 Å². The molecule has 0 amide bonds. The van der Waals surface area contributed by atoms with E-state index in [1.807, 2.05) is 0 Å². The summed E-state index contributed by atoms with van der Waals surface area (Å²) in [6.45, 7) is 0. The van der Waals surface area contributed by atoms with Crippen LogP contribution < -0.4 is 5.73 Å². The van der Waals surface area contributed by atoms with Crippen molar-refractivity contribution in [1.29, 1.82) is 0 Å². The number of carbonyl (C=O) groups excluding carboxylic acids is 1. The number of carboxylic acids is 1. The van der Waals surface area contributed by atoms with Crippen LogP contribution in [0.4, 0.5) is 18.9 Å². The molecule has 98 valence electrons. The van der Waals surface area contributed by atoms with Crippen LogP contribution in [0.25, 0.3) is 0 Å². The highest BCUT2D eigenvalue weighted by atomic mass is 19.4. The molecule has 0 atom stereocenters. The molecule has 0 fully saturated rings. The van der Waals surface area contributed by atoms with Crippen LogP contribution in [0, 0.1) is 0 Å². The molecule has 7 heteroatoms. The van der Waals surface area contributed by atoms with Crippen LogP contribution >= 0.6 is 0 Å². The van der Waals surface area contributed by atoms with E-state index < -0.39 is 23.5 Å². The summed E-state index contributed by atoms with van der Waals surface area (Å²) < 4.78 is 37.0. The number of ketones is 1. The minimum atomic E-state index is -4.53. The van der Waals surface area contributed by atoms with E-state index in [1.54, 1.807) is 0 Å². The van der Waals surface area contributed by atoms with Gasteiger partial charge in [-0.15, -0.1) is 0 Å². The largest absolute Gasteiger partial charge is 0.481 e. The smallest absolute Gasteiger partial charge is 0.416 e. The molecule has 0 aliphatic heterocycles. The molecule has 1 rings (SSSR count). The number of nitrogens with two attached hydrogens (primary N) is 1. The molecular formula is C11H10F3NO3. The maximum absolute atomic E-state index is 12.3. The number of hydrogen-bond acceptors (Lipinski definition) is 3. The molecule has 0 aromatic heterocycles. The number of rotatable bonds is 4. The van der Waals surface area contributed by atoms with Crippen molar-refractivity contribution in [3.05, 3.63) is 29.3 Å². The fourth-order valence-corrected chi connectivity index (χ4v) is 1.35. The Kier molecular flexibility index (Phi) is 3.95. The molecule has 0 aliphatic carbocycles. The normalized spacial score (nSPS) is 11.3. The van der Waals surface area contributed by atoms with Gasteiger partial charge in [0.15, 0.2) is 5.78 Å². The molecule has 0 saturated heterocycles. The van der Waals surface area contributed by atoms with E-state index in [9.17, 15) is 22.8 Å². The first-order chi connectivity index (χ1) is 8.21. The summed E-state index contributed by atoms with van der Waals surface area (Å²) >= 11 is 0. The second-order valence-electron chi connectivity index (χ2n) is 3.62. The van der Waals surface area contributed by atoms with Crippen molar-refractivity contribution in [2.45, 2.75) is 19.0 Å². The van der Waals surface area contributed by atoms with Crippen LogP contribution in [0.15, 0.2) is 18.2 Å². The fourth-order valence-electron chi connectivity index (χ4n) is 1.35. The van der Waals surface area contributed by atoms with E-state index in [4.69, 9.17) is 10.8 Å². The average molecular weight is 261 g/mol. The molecule has 0 heterocycles. The maximum Gasteiger partial charge on any atom is 0.416 e. The van der Waals surface area contributed by atoms with Crippen LogP contribution in [0.5, 0.6) is 0 Å². The third-order valence-corrected chi connectivity index (χ3v) is 2.25. The van der Waals surface area contributed by atoms with Crippen molar-refractivity contribution in [2.24, 2.45) is 0 Å². The molecular weight excluding hydrogens is 251 g/mol. The number of anilines is 1. The summed E-state index contributed by atoms with van der Waals surface area (Å²) in [5.41, 5.74) is 4.01. The Morgan fingerprint density at radius 2 is 1.83 bits per heavy atom. The Labute approximate surface area is 100 Å². The van der Waals surface area contributed by atoms with Gasteiger partial charge >= 0.3 is 12.1 Å². The summed E-state index contributed by atoms with van der Waals surface area (Å²) in [5, 5.41) is 8.40. The average Bonchev–Trinajstić information content (AvgIpc) is 2.24. The van der Waals surface area contributed by atoms with Gasteiger partial charge < -0.3 is 10.8 Å². The van der Waals surface area contributed by atoms with Gasteiger partial charge in [-0.2, -0.15) is 13.2 Å². The van der Waals surface area contributed by atoms with Gasteiger partial charge in [0.05, 0.1) is 12.0 Å². The van der Waals surface area contributed by atoms with Gasteiger partial charge in [-0.05, 0) is 18.2 Å². The third-order valence-electron chi connectivity index (χ3n) is 2.25. The predicted octanol–water partition coefficient (Wildman–Crippen LogP) is 2.34. The fraction of sp³-hybridized carbons (Fsp3) is 0.273. The molecule has 0 unspecified atom stereocenters. The number of Topliss-reactive ketones (excluding diaryl/α,β-unsaturated/α-hetero) is 1. The van der Waals surface area contributed by atoms with Gasteiger partial charge in [0, 0.05) is 17.7 Å². The Balaban J connectivity index is 2.92. The number of carbonyl (C=O) groups is 2. The lowest BCUT2D eigenvalue weighted by Crippen LogP contribution is -2.10. The van der Waals surface area contributed by atoms with Crippen molar-refractivity contribution in [3.8, 4) is 0 Å². The number of carboxylic acid groups (broad SMARTS) is 1. The Morgan fingerprint density at radius 3 is 2.28 bits per heavy atom. The molecule has 0 aliphatic rings. The zero-order valence-corrected chi connectivity index (χ0v) is 9.12. The van der Waals surface area contributed by atoms with Gasteiger partial charge in [0.25, 0.3) is 0 Å². The molecule has 4 nitrogen and oxygen atoms in total. The second-order valence-corrected chi connectivity index (χ2v) is 3.62. The molecule has 18 heavy (non-hydrogen) atoms. The lowest BCUT2D eigenvalue weighted by molar-refractivity contribution is -0.138. The lowest BCUT2D eigenvalue weighted by Gasteiger charge is -2.09. The first-order valence-corrected chi connectivity index (χ1v) is 4.93. The highest BCUT2D eigenvalue weighted by Gasteiger charge is 2.31. The summed E-state index contributed by atoms with van der Waals surface area (Å²) in [5.74, 6) is -1.75.